The second-order valence-corrected chi connectivity index (χ2v) is 7.78. The Labute approximate surface area is 189 Å². The van der Waals surface area contributed by atoms with Crippen LogP contribution in [0.1, 0.15) is 28.4 Å². The quantitative estimate of drug-likeness (QED) is 0.437. The monoisotopic (exact) mass is 443 g/mol. The fourth-order valence-electron chi connectivity index (χ4n) is 4.05. The average Bonchev–Trinajstić information content (AvgIpc) is 3.31. The molecule has 1 atom stereocenters. The molecule has 0 bridgehead atoms. The Morgan fingerprint density at radius 3 is 2.79 bits per heavy atom. The molecular weight excluding hydrogens is 422 g/mol. The summed E-state index contributed by atoms with van der Waals surface area (Å²) in [6.45, 7) is 0.138. The Bertz CT molecular complexity index is 1420. The van der Waals surface area contributed by atoms with E-state index in [1.165, 1.54) is 4.57 Å². The zero-order valence-corrected chi connectivity index (χ0v) is 17.8. The van der Waals surface area contributed by atoms with Gasteiger partial charge < -0.3 is 24.5 Å². The van der Waals surface area contributed by atoms with E-state index in [1.807, 2.05) is 18.2 Å². The smallest absolute Gasteiger partial charge is 0.265 e. The number of benzene rings is 2. The number of ketones is 1. The fourth-order valence-corrected chi connectivity index (χ4v) is 4.05. The topological polar surface area (TPSA) is 103 Å². The van der Waals surface area contributed by atoms with Crippen LogP contribution in [0.3, 0.4) is 0 Å². The second kappa shape index (κ2) is 8.31. The highest BCUT2D eigenvalue weighted by atomic mass is 16.7. The van der Waals surface area contributed by atoms with E-state index in [-0.39, 0.29) is 24.5 Å². The van der Waals surface area contributed by atoms with Crippen LogP contribution >= 0.6 is 0 Å². The number of nitrogens with one attached hydrogen (secondary N) is 1. The van der Waals surface area contributed by atoms with Crippen molar-refractivity contribution >= 4 is 22.4 Å². The van der Waals surface area contributed by atoms with Crippen molar-refractivity contribution in [2.24, 2.45) is 7.05 Å². The first kappa shape index (κ1) is 20.6. The number of pyridine rings is 2. The molecule has 3 heterocycles. The summed E-state index contributed by atoms with van der Waals surface area (Å²) in [5, 5.41) is 14.6. The molecule has 0 saturated carbocycles. The Morgan fingerprint density at radius 2 is 1.97 bits per heavy atom. The van der Waals surface area contributed by atoms with Gasteiger partial charge in [0.1, 0.15) is 11.3 Å². The highest BCUT2D eigenvalue weighted by molar-refractivity contribution is 6.03. The van der Waals surface area contributed by atoms with Crippen molar-refractivity contribution in [1.29, 1.82) is 0 Å². The largest absolute Gasteiger partial charge is 0.506 e. The molecule has 1 aliphatic rings. The van der Waals surface area contributed by atoms with Gasteiger partial charge in [-0.25, -0.2) is 0 Å². The van der Waals surface area contributed by atoms with Crippen LogP contribution in [0.15, 0.2) is 71.8 Å². The van der Waals surface area contributed by atoms with E-state index in [4.69, 9.17) is 9.47 Å². The number of nitrogens with zero attached hydrogens (tertiary/aromatic N) is 2. The molecule has 0 aliphatic carbocycles. The Hall–Kier alpha value is -4.33. The van der Waals surface area contributed by atoms with E-state index in [0.29, 0.717) is 28.1 Å². The summed E-state index contributed by atoms with van der Waals surface area (Å²) >= 11 is 0. The third-order valence-corrected chi connectivity index (χ3v) is 5.75. The molecule has 5 rings (SSSR count). The Morgan fingerprint density at radius 1 is 1.15 bits per heavy atom. The first-order valence-corrected chi connectivity index (χ1v) is 10.4. The van der Waals surface area contributed by atoms with Crippen LogP contribution in [0, 0.1) is 0 Å². The summed E-state index contributed by atoms with van der Waals surface area (Å²) in [6.07, 6.45) is 3.23. The lowest BCUT2D eigenvalue weighted by molar-refractivity contribution is 0.0972. The van der Waals surface area contributed by atoms with Gasteiger partial charge in [0.2, 0.25) is 6.79 Å². The summed E-state index contributed by atoms with van der Waals surface area (Å²) in [7, 11) is 1.59. The van der Waals surface area contributed by atoms with Crippen molar-refractivity contribution < 1.29 is 19.4 Å². The summed E-state index contributed by atoms with van der Waals surface area (Å²) < 4.78 is 12.3. The lowest BCUT2D eigenvalue weighted by Gasteiger charge is -2.20. The number of aryl methyl sites for hydroxylation is 1. The summed E-state index contributed by atoms with van der Waals surface area (Å²) in [5.74, 6) is 0.441. The number of fused-ring (bicyclic) bond motifs is 2. The number of hydrogen-bond acceptors (Lipinski definition) is 7. The van der Waals surface area contributed by atoms with Gasteiger partial charge >= 0.3 is 0 Å². The molecular formula is C25H21N3O5. The molecule has 0 fully saturated rings. The highest BCUT2D eigenvalue weighted by Gasteiger charge is 2.26. The van der Waals surface area contributed by atoms with E-state index in [1.54, 1.807) is 55.8 Å². The van der Waals surface area contributed by atoms with Gasteiger partial charge in [0.25, 0.3) is 5.56 Å². The third-order valence-electron chi connectivity index (χ3n) is 5.75. The van der Waals surface area contributed by atoms with Crippen LogP contribution in [0.2, 0.25) is 0 Å². The molecule has 33 heavy (non-hydrogen) atoms. The molecule has 2 aromatic carbocycles. The zero-order chi connectivity index (χ0) is 22.9. The number of Topliss-reactive ketones (excluding diaryl/α,β-unsaturated/α-hetero) is 1. The zero-order valence-electron chi connectivity index (χ0n) is 17.8. The van der Waals surface area contributed by atoms with E-state index < -0.39 is 17.4 Å². The van der Waals surface area contributed by atoms with Crippen molar-refractivity contribution in [3.63, 3.8) is 0 Å². The number of ether oxygens (including phenoxy) is 2. The predicted molar refractivity (Wildman–Crippen MR) is 123 cm³/mol. The van der Waals surface area contributed by atoms with Gasteiger partial charge in [0.15, 0.2) is 17.3 Å². The number of anilines is 1. The van der Waals surface area contributed by atoms with E-state index in [2.05, 4.69) is 10.3 Å². The normalized spacial score (nSPS) is 13.1. The molecule has 0 amide bonds. The standard InChI is InChI=1S/C25H21N3O5/c1-28-19-7-3-2-6-17(19)24(30)23(25(28)31)20(29)12-18(27-16-5-4-10-26-13-16)15-8-9-21-22(11-15)33-14-32-21/h2-11,13,18,27,30H,12,14H2,1H3. The van der Waals surface area contributed by atoms with Crippen LogP contribution in [0.4, 0.5) is 5.69 Å². The lowest BCUT2D eigenvalue weighted by Crippen LogP contribution is -2.26. The first-order valence-electron chi connectivity index (χ1n) is 10.4. The molecule has 0 saturated heterocycles. The maximum Gasteiger partial charge on any atom is 0.265 e. The maximum absolute atomic E-state index is 13.4. The number of carbonyl (C=O) groups excluding carboxylic acids is 1. The second-order valence-electron chi connectivity index (χ2n) is 7.78. The molecule has 0 radical (unpaired) electrons. The molecule has 1 unspecified atom stereocenters. The van der Waals surface area contributed by atoms with Crippen LogP contribution in [0.25, 0.3) is 10.9 Å². The van der Waals surface area contributed by atoms with Crippen molar-refractivity contribution in [3.05, 3.63) is 88.5 Å². The van der Waals surface area contributed by atoms with Crippen LogP contribution < -0.4 is 20.3 Å². The van der Waals surface area contributed by atoms with E-state index in [0.717, 1.165) is 5.56 Å². The van der Waals surface area contributed by atoms with E-state index in [9.17, 15) is 14.7 Å². The Balaban J connectivity index is 1.54. The van der Waals surface area contributed by atoms with Gasteiger partial charge in [-0.15, -0.1) is 0 Å². The number of para-hydroxylation sites is 1. The third kappa shape index (κ3) is 3.76. The minimum atomic E-state index is -0.540. The number of aromatic hydroxyl groups is 1. The van der Waals surface area contributed by atoms with Crippen molar-refractivity contribution in [2.45, 2.75) is 12.5 Å². The van der Waals surface area contributed by atoms with Gasteiger partial charge in [-0.1, -0.05) is 18.2 Å². The first-order chi connectivity index (χ1) is 16.0. The maximum atomic E-state index is 13.4. The average molecular weight is 443 g/mol. The van der Waals surface area contributed by atoms with Crippen LogP contribution in [0.5, 0.6) is 17.2 Å². The summed E-state index contributed by atoms with van der Waals surface area (Å²) in [4.78, 5) is 30.5. The number of aromatic nitrogens is 2. The van der Waals surface area contributed by atoms with Gasteiger partial charge in [0, 0.05) is 31.2 Å². The van der Waals surface area contributed by atoms with Crippen LogP contribution in [-0.2, 0) is 7.05 Å². The van der Waals surface area contributed by atoms with E-state index >= 15 is 0 Å². The Kier molecular flexibility index (Phi) is 5.18. The molecule has 8 nitrogen and oxygen atoms in total. The molecule has 4 aromatic rings. The number of carbonyl (C=O) groups is 1. The highest BCUT2D eigenvalue weighted by Crippen LogP contribution is 2.36. The van der Waals surface area contributed by atoms with Crippen molar-refractivity contribution in [1.82, 2.24) is 9.55 Å². The summed E-state index contributed by atoms with van der Waals surface area (Å²) in [5.41, 5.74) is 1.27. The predicted octanol–water partition coefficient (Wildman–Crippen LogP) is 3.79. The van der Waals surface area contributed by atoms with Gasteiger partial charge in [-0.3, -0.25) is 14.6 Å². The lowest BCUT2D eigenvalue weighted by atomic mass is 9.96. The van der Waals surface area contributed by atoms with Crippen LogP contribution in [-0.4, -0.2) is 27.2 Å². The van der Waals surface area contributed by atoms with Gasteiger partial charge in [0.05, 0.1) is 17.2 Å². The fraction of sp³-hybridized carbons (Fsp3) is 0.160. The summed E-state index contributed by atoms with van der Waals surface area (Å²) in [6, 6.07) is 15.5. The number of hydrogen-bond donors (Lipinski definition) is 2. The molecule has 8 heteroatoms. The van der Waals surface area contributed by atoms with Gasteiger partial charge in [-0.2, -0.15) is 0 Å². The minimum absolute atomic E-state index is 0.0737. The minimum Gasteiger partial charge on any atom is -0.506 e. The molecule has 0 spiro atoms. The number of rotatable bonds is 6. The molecule has 1 aliphatic heterocycles. The van der Waals surface area contributed by atoms with Gasteiger partial charge in [-0.05, 0) is 42.0 Å². The molecule has 166 valence electrons. The SMILES string of the molecule is Cn1c(=O)c(C(=O)CC(Nc2cccnc2)c2ccc3c(c2)OCO3)c(O)c2ccccc21. The van der Waals surface area contributed by atoms with Crippen molar-refractivity contribution in [2.75, 3.05) is 12.1 Å². The molecule has 2 aromatic heterocycles. The molecule has 2 N–H and O–H groups in total. The van der Waals surface area contributed by atoms with Crippen molar-refractivity contribution in [3.8, 4) is 17.2 Å².